The molecule has 0 aromatic heterocycles. The summed E-state index contributed by atoms with van der Waals surface area (Å²) in [7, 11) is 0. The molecule has 3 N–H and O–H groups in total. The van der Waals surface area contributed by atoms with E-state index in [0.717, 1.165) is 25.0 Å². The molecule has 0 aromatic carbocycles. The molecule has 0 aliphatic rings. The molecule has 0 aliphatic heterocycles. The molecule has 0 bridgehead atoms. The molecule has 0 aromatic rings. The van der Waals surface area contributed by atoms with Crippen LogP contribution in [0.25, 0.3) is 0 Å². The molecule has 0 heterocycles. The third-order valence-electron chi connectivity index (χ3n) is 2.60. The summed E-state index contributed by atoms with van der Waals surface area (Å²) in [6.07, 6.45) is 4.88. The van der Waals surface area contributed by atoms with Gasteiger partial charge in [-0.05, 0) is 43.9 Å². The molecule has 0 radical (unpaired) electrons. The van der Waals surface area contributed by atoms with Crippen molar-refractivity contribution in [3.8, 4) is 0 Å². The zero-order valence-electron chi connectivity index (χ0n) is 9.93. The Morgan fingerprint density at radius 2 is 2.00 bits per heavy atom. The van der Waals surface area contributed by atoms with Crippen LogP contribution in [0.3, 0.4) is 0 Å². The minimum Gasteiger partial charge on any atom is -0.405 e. The van der Waals surface area contributed by atoms with E-state index in [0.29, 0.717) is 5.92 Å². The van der Waals surface area contributed by atoms with E-state index < -0.39 is 0 Å². The second-order valence-corrected chi connectivity index (χ2v) is 4.32. The van der Waals surface area contributed by atoms with Crippen LogP contribution in [0, 0.1) is 17.2 Å². The van der Waals surface area contributed by atoms with Gasteiger partial charge in [0.2, 0.25) is 0 Å². The minimum absolute atomic E-state index is 0.263. The Hall–Kier alpha value is -0.790. The lowest BCUT2D eigenvalue weighted by Crippen LogP contribution is -2.14. The topological polar surface area (TPSA) is 49.9 Å². The Morgan fingerprint density at radius 3 is 2.29 bits per heavy atom. The molecule has 0 amide bonds. The molecule has 0 saturated heterocycles. The van der Waals surface area contributed by atoms with Crippen molar-refractivity contribution in [2.45, 2.75) is 47.0 Å². The highest BCUT2D eigenvalue weighted by Gasteiger charge is 2.14. The Kier molecular flexibility index (Phi) is 6.26. The van der Waals surface area contributed by atoms with E-state index in [-0.39, 0.29) is 5.92 Å². The van der Waals surface area contributed by atoms with Crippen molar-refractivity contribution < 1.29 is 0 Å². The number of hydrogen-bond acceptors (Lipinski definition) is 2. The predicted molar refractivity (Wildman–Crippen MR) is 63.5 cm³/mol. The van der Waals surface area contributed by atoms with Crippen molar-refractivity contribution in [3.05, 3.63) is 11.8 Å². The highest BCUT2D eigenvalue weighted by atomic mass is 14.5. The maximum absolute atomic E-state index is 7.67. The molecule has 0 aliphatic carbocycles. The lowest BCUT2D eigenvalue weighted by Gasteiger charge is -2.18. The monoisotopic (exact) mass is 196 g/mol. The van der Waals surface area contributed by atoms with Crippen LogP contribution in [0.4, 0.5) is 0 Å². The highest BCUT2D eigenvalue weighted by molar-refractivity contribution is 5.83. The van der Waals surface area contributed by atoms with Crippen molar-refractivity contribution in [2.24, 2.45) is 17.6 Å². The van der Waals surface area contributed by atoms with Crippen LogP contribution in [0.2, 0.25) is 0 Å². The molecular formula is C12H24N2. The second kappa shape index (κ2) is 6.63. The fourth-order valence-electron chi connectivity index (χ4n) is 1.68. The Balaban J connectivity index is 4.32. The maximum atomic E-state index is 7.67. The van der Waals surface area contributed by atoms with Gasteiger partial charge in [0, 0.05) is 11.6 Å². The van der Waals surface area contributed by atoms with Gasteiger partial charge in [0.15, 0.2) is 0 Å². The van der Waals surface area contributed by atoms with E-state index in [2.05, 4.69) is 20.8 Å². The third-order valence-corrected chi connectivity index (χ3v) is 2.60. The summed E-state index contributed by atoms with van der Waals surface area (Å²) in [5.74, 6) is 0.965. The Morgan fingerprint density at radius 1 is 1.43 bits per heavy atom. The number of nitrogens with two attached hydrogens (primary N) is 1. The van der Waals surface area contributed by atoms with Crippen molar-refractivity contribution >= 4 is 5.71 Å². The predicted octanol–water partition coefficient (Wildman–Crippen LogP) is 3.33. The summed E-state index contributed by atoms with van der Waals surface area (Å²) in [6.45, 7) is 8.41. The first-order valence-electron chi connectivity index (χ1n) is 5.48. The quantitative estimate of drug-likeness (QED) is 0.629. The lowest BCUT2D eigenvalue weighted by atomic mass is 9.88. The summed E-state index contributed by atoms with van der Waals surface area (Å²) in [6, 6.07) is 0. The van der Waals surface area contributed by atoms with E-state index in [1.54, 1.807) is 6.20 Å². The van der Waals surface area contributed by atoms with Crippen LogP contribution >= 0.6 is 0 Å². The van der Waals surface area contributed by atoms with Gasteiger partial charge in [-0.1, -0.05) is 20.8 Å². The van der Waals surface area contributed by atoms with Crippen LogP contribution in [0.5, 0.6) is 0 Å². The van der Waals surface area contributed by atoms with Crippen LogP contribution in [0.1, 0.15) is 47.0 Å². The van der Waals surface area contributed by atoms with Gasteiger partial charge in [0.1, 0.15) is 0 Å². The first-order valence-corrected chi connectivity index (χ1v) is 5.48. The molecular weight excluding hydrogens is 172 g/mol. The van der Waals surface area contributed by atoms with Gasteiger partial charge in [-0.3, -0.25) is 0 Å². The fraction of sp³-hybridized carbons (Fsp3) is 0.750. The third kappa shape index (κ3) is 4.45. The van der Waals surface area contributed by atoms with Gasteiger partial charge >= 0.3 is 0 Å². The van der Waals surface area contributed by atoms with Crippen LogP contribution in [0.15, 0.2) is 11.8 Å². The minimum atomic E-state index is 0.263. The zero-order chi connectivity index (χ0) is 11.1. The Bertz CT molecular complexity index is 204. The largest absolute Gasteiger partial charge is 0.405 e. The average Bonchev–Trinajstić information content (AvgIpc) is 2.10. The van der Waals surface area contributed by atoms with Gasteiger partial charge < -0.3 is 11.1 Å². The number of allylic oxidation sites excluding steroid dienone is 1. The standard InChI is InChI=1S/C12H24N2/c1-5-12(10(4)14)11(8-13)7-6-9(2)3/h8-9,12,14H,5-7,13H2,1-4H3/b11-8-,14-10?. The molecule has 0 saturated carbocycles. The second-order valence-electron chi connectivity index (χ2n) is 4.32. The van der Waals surface area contributed by atoms with Crippen molar-refractivity contribution in [1.82, 2.24) is 0 Å². The number of hydrogen-bond donors (Lipinski definition) is 2. The van der Waals surface area contributed by atoms with Gasteiger partial charge in [0.25, 0.3) is 0 Å². The van der Waals surface area contributed by atoms with Gasteiger partial charge in [-0.2, -0.15) is 0 Å². The summed E-state index contributed by atoms with van der Waals surface area (Å²) < 4.78 is 0. The summed E-state index contributed by atoms with van der Waals surface area (Å²) in [5.41, 5.74) is 7.57. The molecule has 82 valence electrons. The molecule has 2 nitrogen and oxygen atoms in total. The van der Waals surface area contributed by atoms with Crippen molar-refractivity contribution in [1.29, 1.82) is 5.41 Å². The van der Waals surface area contributed by atoms with E-state index in [1.165, 1.54) is 5.57 Å². The number of rotatable bonds is 6. The molecule has 1 unspecified atom stereocenters. The lowest BCUT2D eigenvalue weighted by molar-refractivity contribution is 0.562. The van der Waals surface area contributed by atoms with Crippen LogP contribution in [-0.4, -0.2) is 5.71 Å². The van der Waals surface area contributed by atoms with Gasteiger partial charge in [-0.25, -0.2) is 0 Å². The zero-order valence-corrected chi connectivity index (χ0v) is 9.93. The highest BCUT2D eigenvalue weighted by Crippen LogP contribution is 2.22. The summed E-state index contributed by atoms with van der Waals surface area (Å²) in [5, 5.41) is 7.67. The fourth-order valence-corrected chi connectivity index (χ4v) is 1.68. The Labute approximate surface area is 88.1 Å². The maximum Gasteiger partial charge on any atom is 0.0187 e. The normalized spacial score (nSPS) is 14.5. The summed E-state index contributed by atoms with van der Waals surface area (Å²) >= 11 is 0. The molecule has 14 heavy (non-hydrogen) atoms. The van der Waals surface area contributed by atoms with Gasteiger partial charge in [-0.15, -0.1) is 0 Å². The average molecular weight is 196 g/mol. The molecule has 0 fully saturated rings. The summed E-state index contributed by atoms with van der Waals surface area (Å²) in [4.78, 5) is 0. The van der Waals surface area contributed by atoms with E-state index in [1.807, 2.05) is 6.92 Å². The van der Waals surface area contributed by atoms with Gasteiger partial charge in [0.05, 0.1) is 0 Å². The first kappa shape index (κ1) is 13.2. The van der Waals surface area contributed by atoms with Crippen LogP contribution in [-0.2, 0) is 0 Å². The van der Waals surface area contributed by atoms with Crippen molar-refractivity contribution in [3.63, 3.8) is 0 Å². The first-order chi connectivity index (χ1) is 6.52. The molecule has 1 atom stereocenters. The molecule has 2 heteroatoms. The van der Waals surface area contributed by atoms with E-state index in [9.17, 15) is 0 Å². The molecule has 0 rings (SSSR count). The van der Waals surface area contributed by atoms with Crippen LogP contribution < -0.4 is 5.73 Å². The SMILES string of the molecule is CCC(C(C)=N)/C(=C\N)CCC(C)C. The number of nitrogens with one attached hydrogen (secondary N) is 1. The van der Waals surface area contributed by atoms with E-state index in [4.69, 9.17) is 11.1 Å². The van der Waals surface area contributed by atoms with E-state index >= 15 is 0 Å². The molecule has 0 spiro atoms. The van der Waals surface area contributed by atoms with Crippen molar-refractivity contribution in [2.75, 3.05) is 0 Å². The smallest absolute Gasteiger partial charge is 0.0187 e.